The number of hydrogen-bond donors (Lipinski definition) is 0. The summed E-state index contributed by atoms with van der Waals surface area (Å²) >= 11 is 1.91. The smallest absolute Gasteiger partial charge is 0.200 e. The van der Waals surface area contributed by atoms with E-state index in [2.05, 4.69) is 116 Å². The van der Waals surface area contributed by atoms with Gasteiger partial charge in [0, 0.05) is 28.1 Å². The average Bonchev–Trinajstić information content (AvgIpc) is 3.15. The Kier molecular flexibility index (Phi) is 4.15. The Morgan fingerprint density at radius 2 is 1.03 bits per heavy atom. The number of rotatable bonds is 1. The monoisotopic (exact) mass is 416 g/mol. The second-order valence-corrected chi connectivity index (χ2v) is 9.11. The maximum absolute atomic E-state index is 2.29. The van der Waals surface area contributed by atoms with Gasteiger partial charge in [0.15, 0.2) is 6.20 Å². The van der Waals surface area contributed by atoms with Crippen LogP contribution >= 0.6 is 11.3 Å². The zero-order valence-electron chi connectivity index (χ0n) is 17.6. The van der Waals surface area contributed by atoms with Crippen LogP contribution in [0.5, 0.6) is 0 Å². The third kappa shape index (κ3) is 2.72. The predicted octanol–water partition coefficient (Wildman–Crippen LogP) is 7.53. The molecule has 0 fully saturated rings. The second kappa shape index (κ2) is 7.04. The van der Waals surface area contributed by atoms with Crippen molar-refractivity contribution in [2.24, 2.45) is 7.05 Å². The molecule has 5 aromatic rings. The van der Waals surface area contributed by atoms with E-state index in [1.807, 2.05) is 11.3 Å². The highest BCUT2D eigenvalue weighted by Crippen LogP contribution is 2.53. The first-order valence-electron chi connectivity index (χ1n) is 10.6. The van der Waals surface area contributed by atoms with Crippen LogP contribution < -0.4 is 4.57 Å². The zero-order valence-corrected chi connectivity index (χ0v) is 18.4. The number of thiophene rings is 1. The minimum Gasteiger partial charge on any atom is -0.200 e. The molecule has 2 aromatic heterocycles. The third-order valence-corrected chi connectivity index (χ3v) is 7.66. The topological polar surface area (TPSA) is 3.88 Å². The van der Waals surface area contributed by atoms with Crippen LogP contribution in [0.1, 0.15) is 5.56 Å². The van der Waals surface area contributed by atoms with Gasteiger partial charge in [0.1, 0.15) is 11.9 Å². The fraction of sp³-hybridized carbons (Fsp3) is 0.0690. The minimum absolute atomic E-state index is 1.25. The van der Waals surface area contributed by atoms with Crippen molar-refractivity contribution in [3.05, 3.63) is 103 Å². The fourth-order valence-electron chi connectivity index (χ4n) is 4.84. The first kappa shape index (κ1) is 18.3. The lowest BCUT2D eigenvalue weighted by atomic mass is 9.83. The Morgan fingerprint density at radius 3 is 1.65 bits per heavy atom. The lowest BCUT2D eigenvalue weighted by Crippen LogP contribution is -2.29. The molecular weight excluding hydrogens is 394 g/mol. The largest absolute Gasteiger partial charge is 0.222 e. The van der Waals surface area contributed by atoms with Crippen molar-refractivity contribution in [3.8, 4) is 54.4 Å². The van der Waals surface area contributed by atoms with Gasteiger partial charge in [-0.1, -0.05) is 72.8 Å². The number of aryl methyl sites for hydroxylation is 1. The molecule has 31 heavy (non-hydrogen) atoms. The molecule has 0 atom stereocenters. The average molecular weight is 417 g/mol. The molecule has 0 unspecified atom stereocenters. The van der Waals surface area contributed by atoms with Gasteiger partial charge >= 0.3 is 0 Å². The molecule has 6 rings (SSSR count). The van der Waals surface area contributed by atoms with Gasteiger partial charge in [-0.2, -0.15) is 0 Å². The van der Waals surface area contributed by atoms with Gasteiger partial charge < -0.3 is 0 Å². The van der Waals surface area contributed by atoms with Gasteiger partial charge in [0.05, 0.1) is 0 Å². The highest BCUT2D eigenvalue weighted by atomic mass is 32.1. The van der Waals surface area contributed by atoms with E-state index in [4.69, 9.17) is 0 Å². The maximum Gasteiger partial charge on any atom is 0.222 e. The molecule has 0 amide bonds. The minimum atomic E-state index is 1.25. The van der Waals surface area contributed by atoms with Crippen LogP contribution in [-0.4, -0.2) is 0 Å². The summed E-state index contributed by atoms with van der Waals surface area (Å²) < 4.78 is 2.22. The van der Waals surface area contributed by atoms with E-state index in [0.717, 1.165) is 0 Å². The molecule has 0 radical (unpaired) electrons. The van der Waals surface area contributed by atoms with E-state index in [1.165, 1.54) is 60.0 Å². The summed E-state index contributed by atoms with van der Waals surface area (Å²) in [7, 11) is 2.13. The third-order valence-electron chi connectivity index (χ3n) is 6.31. The molecule has 3 aromatic carbocycles. The van der Waals surface area contributed by atoms with Crippen LogP contribution in [0.4, 0.5) is 0 Å². The van der Waals surface area contributed by atoms with Crippen molar-refractivity contribution in [1.29, 1.82) is 0 Å². The molecule has 148 valence electrons. The molecular formula is C29H22NS+. The number of fused-ring (bicyclic) bond motifs is 8. The summed E-state index contributed by atoms with van der Waals surface area (Å²) in [6.07, 6.45) is 2.13. The molecule has 1 nitrogen and oxygen atoms in total. The molecule has 0 aliphatic heterocycles. The number of pyridine rings is 1. The van der Waals surface area contributed by atoms with Gasteiger partial charge in [0.2, 0.25) is 5.69 Å². The van der Waals surface area contributed by atoms with Crippen molar-refractivity contribution >= 4 is 11.3 Å². The Balaban J connectivity index is 1.78. The Hall–Kier alpha value is -3.49. The fourth-order valence-corrected chi connectivity index (χ4v) is 6.26. The molecule has 2 heteroatoms. The summed E-state index contributed by atoms with van der Waals surface area (Å²) in [4.78, 5) is 2.69. The number of aromatic nitrogens is 1. The Morgan fingerprint density at radius 1 is 0.548 bits per heavy atom. The summed E-state index contributed by atoms with van der Waals surface area (Å²) in [5.74, 6) is 0. The number of hydrogen-bond acceptors (Lipinski definition) is 1. The van der Waals surface area contributed by atoms with Crippen LogP contribution in [0.2, 0.25) is 0 Å². The highest BCUT2D eigenvalue weighted by Gasteiger charge is 2.28. The zero-order chi connectivity index (χ0) is 20.9. The van der Waals surface area contributed by atoms with Crippen LogP contribution in [-0.2, 0) is 7.05 Å². The quantitative estimate of drug-likeness (QED) is 0.244. The molecule has 0 saturated carbocycles. The van der Waals surface area contributed by atoms with E-state index < -0.39 is 0 Å². The van der Waals surface area contributed by atoms with E-state index in [1.54, 1.807) is 0 Å². The summed E-state index contributed by atoms with van der Waals surface area (Å²) in [6.45, 7) is 2.28. The Bertz CT molecular complexity index is 1460. The van der Waals surface area contributed by atoms with Gasteiger partial charge in [-0.15, -0.1) is 11.3 Å². The Labute approximate surface area is 186 Å². The van der Waals surface area contributed by atoms with Crippen LogP contribution in [0, 0.1) is 6.92 Å². The van der Waals surface area contributed by atoms with E-state index in [-0.39, 0.29) is 0 Å². The van der Waals surface area contributed by atoms with Crippen molar-refractivity contribution in [3.63, 3.8) is 0 Å². The SMILES string of the molecule is Cc1c(-c2cccc[n+]2C)sc2c1-c1ccccc1-c1ccccc1-c1ccccc1-2. The normalized spacial score (nSPS) is 11.5. The van der Waals surface area contributed by atoms with Crippen molar-refractivity contribution in [1.82, 2.24) is 0 Å². The molecule has 0 saturated heterocycles. The number of nitrogens with zero attached hydrogens (tertiary/aromatic N) is 1. The van der Waals surface area contributed by atoms with E-state index in [9.17, 15) is 0 Å². The van der Waals surface area contributed by atoms with E-state index >= 15 is 0 Å². The first-order chi connectivity index (χ1) is 15.2. The maximum atomic E-state index is 2.29. The molecule has 1 aliphatic rings. The van der Waals surface area contributed by atoms with E-state index in [0.29, 0.717) is 0 Å². The van der Waals surface area contributed by atoms with Crippen LogP contribution in [0.3, 0.4) is 0 Å². The predicted molar refractivity (Wildman–Crippen MR) is 131 cm³/mol. The summed E-state index contributed by atoms with van der Waals surface area (Å²) in [6, 6.07) is 33.0. The molecule has 0 N–H and O–H groups in total. The highest BCUT2D eigenvalue weighted by molar-refractivity contribution is 7.19. The standard InChI is InChI=1S/C29H22NS/c1-19-27-24-15-7-5-13-22(24)20-11-3-4-12-21(20)23-14-6-8-16-25(23)29(27)31-28(19)26-17-9-10-18-30(26)2/h3-18H,1-2H3/q+1. The van der Waals surface area contributed by atoms with Gasteiger partial charge in [-0.25, -0.2) is 4.57 Å². The van der Waals surface area contributed by atoms with Crippen molar-refractivity contribution < 1.29 is 4.57 Å². The summed E-state index contributed by atoms with van der Waals surface area (Å²) in [5, 5.41) is 0. The van der Waals surface area contributed by atoms with Gasteiger partial charge in [-0.3, -0.25) is 0 Å². The lowest BCUT2D eigenvalue weighted by molar-refractivity contribution is -0.660. The van der Waals surface area contributed by atoms with Gasteiger partial charge in [-0.05, 0) is 46.4 Å². The van der Waals surface area contributed by atoms with Crippen LogP contribution in [0.15, 0.2) is 97.2 Å². The molecule has 2 heterocycles. The lowest BCUT2D eigenvalue weighted by Gasteiger charge is -2.21. The second-order valence-electron chi connectivity index (χ2n) is 8.09. The van der Waals surface area contributed by atoms with Crippen LogP contribution in [0.25, 0.3) is 54.4 Å². The van der Waals surface area contributed by atoms with Gasteiger partial charge in [0.25, 0.3) is 0 Å². The van der Waals surface area contributed by atoms with Crippen molar-refractivity contribution in [2.45, 2.75) is 6.92 Å². The number of benzene rings is 3. The molecule has 1 aliphatic carbocycles. The first-order valence-corrected chi connectivity index (χ1v) is 11.4. The summed E-state index contributed by atoms with van der Waals surface area (Å²) in [5.41, 5.74) is 11.8. The molecule has 0 bridgehead atoms. The van der Waals surface area contributed by atoms with Crippen molar-refractivity contribution in [2.75, 3.05) is 0 Å². The molecule has 0 spiro atoms.